The lowest BCUT2D eigenvalue weighted by Gasteiger charge is -2.40. The Labute approximate surface area is 172 Å². The number of aryl methyl sites for hydroxylation is 1. The molecule has 0 radical (unpaired) electrons. The number of aromatic hydroxyl groups is 1. The normalized spacial score (nSPS) is 14.4. The van der Waals surface area contributed by atoms with E-state index in [1.165, 1.54) is 29.3 Å². The van der Waals surface area contributed by atoms with E-state index in [0.29, 0.717) is 5.56 Å². The summed E-state index contributed by atoms with van der Waals surface area (Å²) in [6.45, 7) is 0.418. The number of hydrogen-bond acceptors (Lipinski definition) is 8. The Bertz CT molecular complexity index is 920. The van der Waals surface area contributed by atoms with E-state index in [-0.39, 0.29) is 43.1 Å². The first-order chi connectivity index (χ1) is 14.3. The maximum atomic E-state index is 12.4. The van der Waals surface area contributed by atoms with Gasteiger partial charge >= 0.3 is 13.1 Å². The molecule has 2 aromatic rings. The molecule has 1 atom stereocenters. The lowest BCUT2D eigenvalue weighted by molar-refractivity contribution is -0.141. The average Bonchev–Trinajstić information content (AvgIpc) is 2.68. The molecule has 10 nitrogen and oxygen atoms in total. The highest BCUT2D eigenvalue weighted by atomic mass is 16.5. The molecule has 1 aromatic heterocycles. The summed E-state index contributed by atoms with van der Waals surface area (Å²) in [7, 11) is -1.57. The minimum Gasteiger partial charge on any atom is -0.507 e. The second-order valence-corrected chi connectivity index (χ2v) is 6.89. The summed E-state index contributed by atoms with van der Waals surface area (Å²) >= 11 is 0. The SMILES string of the molecule is NC(C(=O)N1CC(Oc2ccc(CCB(O)O)c(O)c2C(=O)O)C1)c1cc#cnc1. The Balaban J connectivity index is 1.64. The van der Waals surface area contributed by atoms with E-state index in [9.17, 15) is 19.8 Å². The minimum atomic E-state index is -1.57. The number of nitrogens with zero attached hydrogens (tertiary/aromatic N) is 2. The monoisotopic (exact) mass is 413 g/mol. The first kappa shape index (κ1) is 21.4. The van der Waals surface area contributed by atoms with Gasteiger partial charge in [0, 0.05) is 18.0 Å². The zero-order valence-electron chi connectivity index (χ0n) is 15.9. The quantitative estimate of drug-likeness (QED) is 0.355. The molecule has 1 aliphatic rings. The molecule has 1 fully saturated rings. The maximum absolute atomic E-state index is 12.4. The van der Waals surface area contributed by atoms with E-state index in [4.69, 9.17) is 20.5 Å². The molecule has 1 unspecified atom stereocenters. The molecule has 30 heavy (non-hydrogen) atoms. The van der Waals surface area contributed by atoms with Crippen LogP contribution in [0.15, 0.2) is 24.4 Å². The van der Waals surface area contributed by atoms with Crippen molar-refractivity contribution < 1.29 is 34.6 Å². The Morgan fingerprint density at radius 2 is 2.10 bits per heavy atom. The number of benzene rings is 1. The topological polar surface area (TPSA) is 166 Å². The van der Waals surface area contributed by atoms with Crippen molar-refractivity contribution in [1.82, 2.24) is 9.88 Å². The smallest absolute Gasteiger partial charge is 0.451 e. The number of carboxylic acids is 1. The van der Waals surface area contributed by atoms with Crippen LogP contribution in [0.5, 0.6) is 11.5 Å². The van der Waals surface area contributed by atoms with Gasteiger partial charge in [0.15, 0.2) is 0 Å². The van der Waals surface area contributed by atoms with Crippen LogP contribution in [-0.4, -0.2) is 68.3 Å². The summed E-state index contributed by atoms with van der Waals surface area (Å²) in [4.78, 5) is 29.3. The number of rotatable bonds is 8. The second kappa shape index (κ2) is 9.00. The van der Waals surface area contributed by atoms with Gasteiger partial charge in [0.2, 0.25) is 5.91 Å². The number of ether oxygens (including phenoxy) is 1. The van der Waals surface area contributed by atoms with Crippen LogP contribution >= 0.6 is 0 Å². The predicted octanol–water partition coefficient (Wildman–Crippen LogP) is -0.609. The summed E-state index contributed by atoms with van der Waals surface area (Å²) in [5, 5.41) is 37.7. The number of nitrogens with two attached hydrogens (primary N) is 1. The fraction of sp³-hybridized carbons (Fsp3) is 0.316. The lowest BCUT2D eigenvalue weighted by Crippen LogP contribution is -2.58. The van der Waals surface area contributed by atoms with Crippen LogP contribution in [0, 0.1) is 12.3 Å². The predicted molar refractivity (Wildman–Crippen MR) is 104 cm³/mol. The largest absolute Gasteiger partial charge is 0.507 e. The van der Waals surface area contributed by atoms with Crippen molar-refractivity contribution >= 4 is 19.0 Å². The Morgan fingerprint density at radius 1 is 1.37 bits per heavy atom. The van der Waals surface area contributed by atoms with Crippen LogP contribution < -0.4 is 10.5 Å². The molecule has 11 heteroatoms. The van der Waals surface area contributed by atoms with Crippen LogP contribution in [0.1, 0.15) is 27.5 Å². The van der Waals surface area contributed by atoms with Crippen molar-refractivity contribution in [3.8, 4) is 11.5 Å². The van der Waals surface area contributed by atoms with Gasteiger partial charge in [-0.25, -0.2) is 9.78 Å². The van der Waals surface area contributed by atoms with Gasteiger partial charge in [0.05, 0.1) is 13.1 Å². The number of carbonyl (C=O) groups is 2. The number of likely N-dealkylation sites (tertiary alicyclic amines) is 1. The highest BCUT2D eigenvalue weighted by molar-refractivity contribution is 6.41. The second-order valence-electron chi connectivity index (χ2n) is 6.89. The molecule has 0 bridgehead atoms. The fourth-order valence-corrected chi connectivity index (χ4v) is 3.09. The van der Waals surface area contributed by atoms with E-state index in [1.54, 1.807) is 0 Å². The molecule has 0 aliphatic carbocycles. The zero-order chi connectivity index (χ0) is 21.8. The number of aromatic carboxylic acids is 1. The van der Waals surface area contributed by atoms with Gasteiger partial charge < -0.3 is 35.6 Å². The third-order valence-corrected chi connectivity index (χ3v) is 4.77. The molecule has 1 saturated heterocycles. The van der Waals surface area contributed by atoms with Crippen LogP contribution in [-0.2, 0) is 11.2 Å². The van der Waals surface area contributed by atoms with E-state index in [0.717, 1.165) is 0 Å². The Hall–Kier alpha value is -3.33. The zero-order valence-corrected chi connectivity index (χ0v) is 15.9. The maximum Gasteiger partial charge on any atom is 0.451 e. The van der Waals surface area contributed by atoms with E-state index in [2.05, 4.69) is 17.2 Å². The summed E-state index contributed by atoms with van der Waals surface area (Å²) in [5.74, 6) is -2.23. The Morgan fingerprint density at radius 3 is 2.70 bits per heavy atom. The van der Waals surface area contributed by atoms with Crippen LogP contribution in [0.2, 0.25) is 6.32 Å². The van der Waals surface area contributed by atoms with Crippen LogP contribution in [0.25, 0.3) is 0 Å². The standard InChI is InChI=1S/C19H20BN3O7/c21-16(12-2-1-7-22-8-12)18(25)23-9-13(10-23)30-14-4-3-11(5-6-20(28)29)17(24)15(14)19(26)27/h2-4,8,13,16,24,28-29H,5-6,9-10,21H2,(H,26,27). The van der Waals surface area contributed by atoms with Crippen molar-refractivity contribution in [2.24, 2.45) is 5.73 Å². The van der Waals surface area contributed by atoms with Crippen molar-refractivity contribution in [3.63, 3.8) is 0 Å². The van der Waals surface area contributed by atoms with Gasteiger partial charge in [0.25, 0.3) is 0 Å². The number of amides is 1. The van der Waals surface area contributed by atoms with E-state index >= 15 is 0 Å². The van der Waals surface area contributed by atoms with E-state index < -0.39 is 36.5 Å². The highest BCUT2D eigenvalue weighted by Gasteiger charge is 2.36. The van der Waals surface area contributed by atoms with E-state index in [1.807, 2.05) is 0 Å². The van der Waals surface area contributed by atoms with Crippen molar-refractivity contribution in [1.29, 1.82) is 0 Å². The number of hydrogen-bond donors (Lipinski definition) is 5. The first-order valence-electron chi connectivity index (χ1n) is 9.17. The van der Waals surface area contributed by atoms with Crippen molar-refractivity contribution in [2.75, 3.05) is 13.1 Å². The average molecular weight is 413 g/mol. The fourth-order valence-electron chi connectivity index (χ4n) is 3.09. The third-order valence-electron chi connectivity index (χ3n) is 4.77. The van der Waals surface area contributed by atoms with Gasteiger partial charge in [-0.15, -0.1) is 0 Å². The van der Waals surface area contributed by atoms with Crippen molar-refractivity contribution in [3.05, 3.63) is 53.3 Å². The number of aromatic nitrogens is 1. The lowest BCUT2D eigenvalue weighted by atomic mass is 9.82. The summed E-state index contributed by atoms with van der Waals surface area (Å²) in [5.41, 5.74) is 6.29. The number of carbonyl (C=O) groups excluding carboxylic acids is 1. The van der Waals surface area contributed by atoms with Crippen molar-refractivity contribution in [2.45, 2.75) is 24.9 Å². The van der Waals surface area contributed by atoms with Gasteiger partial charge in [-0.05, 0) is 36.5 Å². The molecule has 0 spiro atoms. The van der Waals surface area contributed by atoms with Crippen LogP contribution in [0.3, 0.4) is 0 Å². The minimum absolute atomic E-state index is 0.0351. The first-order valence-corrected chi connectivity index (χ1v) is 9.17. The molecule has 6 N–H and O–H groups in total. The van der Waals surface area contributed by atoms with Gasteiger partial charge in [-0.3, -0.25) is 4.79 Å². The summed E-state index contributed by atoms with van der Waals surface area (Å²) < 4.78 is 5.67. The Kier molecular flexibility index (Phi) is 6.42. The molecule has 3 rings (SSSR count). The molecular weight excluding hydrogens is 393 g/mol. The number of phenols is 1. The molecule has 0 saturated carbocycles. The van der Waals surface area contributed by atoms with Gasteiger partial charge in [-0.1, -0.05) is 6.07 Å². The molecule has 1 aromatic carbocycles. The molecule has 1 aliphatic heterocycles. The molecular formula is C19H20BN3O7. The summed E-state index contributed by atoms with van der Waals surface area (Å²) in [6, 6.07) is 6.14. The highest BCUT2D eigenvalue weighted by Crippen LogP contribution is 2.34. The van der Waals surface area contributed by atoms with Gasteiger partial charge in [-0.2, -0.15) is 0 Å². The number of carboxylic acid groups (broad SMARTS) is 1. The molecule has 2 heterocycles. The molecule has 1 amide bonds. The third kappa shape index (κ3) is 4.63. The van der Waals surface area contributed by atoms with Gasteiger partial charge in [0.1, 0.15) is 29.2 Å². The van der Waals surface area contributed by atoms with Crippen LogP contribution in [0.4, 0.5) is 0 Å². The summed E-state index contributed by atoms with van der Waals surface area (Å²) in [6.07, 6.45) is 3.49. The molecule has 156 valence electrons.